The molecule has 0 saturated carbocycles. The summed E-state index contributed by atoms with van der Waals surface area (Å²) in [6, 6.07) is 0. The van der Waals surface area contributed by atoms with Gasteiger partial charge in [-0.2, -0.15) is 0 Å². The zero-order valence-electron chi connectivity index (χ0n) is 12.0. The zero-order valence-corrected chi connectivity index (χ0v) is 12.0. The fourth-order valence-corrected chi connectivity index (χ4v) is 2.80. The molecule has 1 heterocycles. The lowest BCUT2D eigenvalue weighted by atomic mass is 9.77. The van der Waals surface area contributed by atoms with Crippen LogP contribution in [0.4, 0.5) is 0 Å². The Labute approximate surface area is 107 Å². The fourth-order valence-electron chi connectivity index (χ4n) is 2.80. The van der Waals surface area contributed by atoms with E-state index < -0.39 is 0 Å². The molecule has 0 aromatic rings. The Morgan fingerprint density at radius 2 is 2.00 bits per heavy atom. The van der Waals surface area contributed by atoms with E-state index in [1.807, 2.05) is 7.05 Å². The standard InChI is InChI=1S/C14H30N2O/c1-14(2,3)12-6-5-8-16(9-7-12)11-13(17)10-15-4/h12-13,15,17H,5-11H2,1-4H3. The van der Waals surface area contributed by atoms with Crippen molar-refractivity contribution in [1.82, 2.24) is 10.2 Å². The molecular formula is C14H30N2O. The molecule has 102 valence electrons. The number of hydrogen-bond donors (Lipinski definition) is 2. The molecule has 0 aromatic heterocycles. The second kappa shape index (κ2) is 6.72. The first-order chi connectivity index (χ1) is 7.93. The highest BCUT2D eigenvalue weighted by molar-refractivity contribution is 4.79. The van der Waals surface area contributed by atoms with Crippen molar-refractivity contribution in [3.63, 3.8) is 0 Å². The largest absolute Gasteiger partial charge is 0.390 e. The van der Waals surface area contributed by atoms with E-state index in [0.717, 1.165) is 25.6 Å². The van der Waals surface area contributed by atoms with Crippen molar-refractivity contribution >= 4 is 0 Å². The summed E-state index contributed by atoms with van der Waals surface area (Å²) >= 11 is 0. The smallest absolute Gasteiger partial charge is 0.0791 e. The summed E-state index contributed by atoms with van der Waals surface area (Å²) in [6.07, 6.45) is 3.65. The quantitative estimate of drug-likeness (QED) is 0.788. The summed E-state index contributed by atoms with van der Waals surface area (Å²) in [7, 11) is 1.89. The number of likely N-dealkylation sites (tertiary alicyclic amines) is 1. The Hall–Kier alpha value is -0.120. The first-order valence-corrected chi connectivity index (χ1v) is 6.98. The molecule has 0 spiro atoms. The second-order valence-corrected chi connectivity index (χ2v) is 6.51. The average Bonchev–Trinajstić information content (AvgIpc) is 2.42. The van der Waals surface area contributed by atoms with Gasteiger partial charge < -0.3 is 15.3 Å². The highest BCUT2D eigenvalue weighted by atomic mass is 16.3. The summed E-state index contributed by atoms with van der Waals surface area (Å²) < 4.78 is 0. The number of likely N-dealkylation sites (N-methyl/N-ethyl adjacent to an activating group) is 1. The molecule has 0 aliphatic carbocycles. The molecule has 0 aromatic carbocycles. The molecule has 3 nitrogen and oxygen atoms in total. The van der Waals surface area contributed by atoms with Crippen LogP contribution < -0.4 is 5.32 Å². The van der Waals surface area contributed by atoms with Crippen LogP contribution in [-0.2, 0) is 0 Å². The predicted octanol–water partition coefficient (Wildman–Crippen LogP) is 1.71. The molecule has 0 radical (unpaired) electrons. The molecule has 2 N–H and O–H groups in total. The van der Waals surface area contributed by atoms with Crippen LogP contribution in [0, 0.1) is 11.3 Å². The molecule has 0 bridgehead atoms. The minimum Gasteiger partial charge on any atom is -0.390 e. The maximum atomic E-state index is 9.81. The normalized spacial score (nSPS) is 25.6. The molecule has 0 amide bonds. The van der Waals surface area contributed by atoms with Gasteiger partial charge in [-0.05, 0) is 50.7 Å². The van der Waals surface area contributed by atoms with Crippen LogP contribution in [0.2, 0.25) is 0 Å². The summed E-state index contributed by atoms with van der Waals surface area (Å²) in [4.78, 5) is 2.42. The molecule has 2 atom stereocenters. The van der Waals surface area contributed by atoms with E-state index in [2.05, 4.69) is 31.0 Å². The van der Waals surface area contributed by atoms with Crippen LogP contribution >= 0.6 is 0 Å². The Bertz CT molecular complexity index is 213. The van der Waals surface area contributed by atoms with Gasteiger partial charge in [0.25, 0.3) is 0 Å². The van der Waals surface area contributed by atoms with Crippen LogP contribution in [0.25, 0.3) is 0 Å². The minimum atomic E-state index is -0.230. The second-order valence-electron chi connectivity index (χ2n) is 6.51. The third kappa shape index (κ3) is 5.36. The van der Waals surface area contributed by atoms with Crippen molar-refractivity contribution in [1.29, 1.82) is 0 Å². The van der Waals surface area contributed by atoms with Crippen molar-refractivity contribution < 1.29 is 5.11 Å². The molecule has 1 aliphatic rings. The van der Waals surface area contributed by atoms with E-state index in [0.29, 0.717) is 12.0 Å². The SMILES string of the molecule is CNCC(O)CN1CCCC(C(C)(C)C)CC1. The first-order valence-electron chi connectivity index (χ1n) is 6.98. The van der Waals surface area contributed by atoms with E-state index in [1.165, 1.54) is 19.3 Å². The third-order valence-electron chi connectivity index (χ3n) is 3.95. The number of β-amino-alcohol motifs (C(OH)–C–C–N with tert-alkyl or cyclic N) is 1. The molecule has 1 rings (SSSR count). The number of nitrogens with one attached hydrogen (secondary N) is 1. The van der Waals surface area contributed by atoms with E-state index in [4.69, 9.17) is 0 Å². The predicted molar refractivity (Wildman–Crippen MR) is 73.2 cm³/mol. The molecule has 3 heteroatoms. The van der Waals surface area contributed by atoms with Crippen LogP contribution in [0.5, 0.6) is 0 Å². The van der Waals surface area contributed by atoms with E-state index in [1.54, 1.807) is 0 Å². The fraction of sp³-hybridized carbons (Fsp3) is 1.00. The summed E-state index contributed by atoms with van der Waals surface area (Å²) in [5.41, 5.74) is 0.430. The van der Waals surface area contributed by atoms with Gasteiger partial charge in [0.05, 0.1) is 6.10 Å². The van der Waals surface area contributed by atoms with Gasteiger partial charge in [-0.1, -0.05) is 20.8 Å². The van der Waals surface area contributed by atoms with E-state index in [-0.39, 0.29) is 6.10 Å². The minimum absolute atomic E-state index is 0.230. The average molecular weight is 242 g/mol. The number of rotatable bonds is 4. The monoisotopic (exact) mass is 242 g/mol. The molecule has 1 fully saturated rings. The molecular weight excluding hydrogens is 212 g/mol. The number of nitrogens with zero attached hydrogens (tertiary/aromatic N) is 1. The zero-order chi connectivity index (χ0) is 12.9. The van der Waals surface area contributed by atoms with Crippen molar-refractivity contribution in [2.75, 3.05) is 33.2 Å². The maximum absolute atomic E-state index is 9.81. The first kappa shape index (κ1) is 14.9. The van der Waals surface area contributed by atoms with Crippen molar-refractivity contribution in [3.8, 4) is 0 Å². The lowest BCUT2D eigenvalue weighted by Gasteiger charge is -2.30. The highest BCUT2D eigenvalue weighted by Gasteiger charge is 2.27. The summed E-state index contributed by atoms with van der Waals surface area (Å²) in [6.45, 7) is 10.8. The van der Waals surface area contributed by atoms with Crippen LogP contribution in [0.15, 0.2) is 0 Å². The van der Waals surface area contributed by atoms with Gasteiger partial charge >= 0.3 is 0 Å². The number of hydrogen-bond acceptors (Lipinski definition) is 3. The number of aliphatic hydroxyl groups excluding tert-OH is 1. The summed E-state index contributed by atoms with van der Waals surface area (Å²) in [5.74, 6) is 0.828. The number of aliphatic hydroxyl groups is 1. The molecule has 1 aliphatic heterocycles. The molecule has 17 heavy (non-hydrogen) atoms. The molecule has 2 unspecified atom stereocenters. The van der Waals surface area contributed by atoms with Crippen LogP contribution in [0.3, 0.4) is 0 Å². The Morgan fingerprint density at radius 1 is 1.29 bits per heavy atom. The third-order valence-corrected chi connectivity index (χ3v) is 3.95. The van der Waals surface area contributed by atoms with Gasteiger partial charge in [-0.25, -0.2) is 0 Å². The van der Waals surface area contributed by atoms with E-state index >= 15 is 0 Å². The lowest BCUT2D eigenvalue weighted by molar-refractivity contribution is 0.112. The van der Waals surface area contributed by atoms with Crippen LogP contribution in [0.1, 0.15) is 40.0 Å². The van der Waals surface area contributed by atoms with Gasteiger partial charge in [0.2, 0.25) is 0 Å². The summed E-state index contributed by atoms with van der Waals surface area (Å²) in [5, 5.41) is 12.8. The Morgan fingerprint density at radius 3 is 2.59 bits per heavy atom. The van der Waals surface area contributed by atoms with Crippen molar-refractivity contribution in [3.05, 3.63) is 0 Å². The lowest BCUT2D eigenvalue weighted by Crippen LogP contribution is -2.38. The Balaban J connectivity index is 2.37. The van der Waals surface area contributed by atoms with Crippen LogP contribution in [-0.4, -0.2) is 49.3 Å². The van der Waals surface area contributed by atoms with Gasteiger partial charge in [0.15, 0.2) is 0 Å². The Kier molecular flexibility index (Phi) is 5.90. The van der Waals surface area contributed by atoms with E-state index in [9.17, 15) is 5.11 Å². The van der Waals surface area contributed by atoms with Crippen molar-refractivity contribution in [2.45, 2.75) is 46.1 Å². The highest BCUT2D eigenvalue weighted by Crippen LogP contribution is 2.34. The van der Waals surface area contributed by atoms with Gasteiger partial charge in [-0.3, -0.25) is 0 Å². The molecule has 1 saturated heterocycles. The van der Waals surface area contributed by atoms with Gasteiger partial charge in [-0.15, -0.1) is 0 Å². The van der Waals surface area contributed by atoms with Crippen molar-refractivity contribution in [2.24, 2.45) is 11.3 Å². The van der Waals surface area contributed by atoms with Gasteiger partial charge in [0.1, 0.15) is 0 Å². The topological polar surface area (TPSA) is 35.5 Å². The maximum Gasteiger partial charge on any atom is 0.0791 e. The van der Waals surface area contributed by atoms with Gasteiger partial charge in [0, 0.05) is 13.1 Å².